The van der Waals surface area contributed by atoms with Gasteiger partial charge < -0.3 is 10.2 Å². The average molecular weight is 250 g/mol. The summed E-state index contributed by atoms with van der Waals surface area (Å²) in [4.78, 5) is 0. The van der Waals surface area contributed by atoms with Crippen LogP contribution >= 0.6 is 11.6 Å². The molecule has 1 heterocycles. The van der Waals surface area contributed by atoms with Crippen LogP contribution in [-0.2, 0) is 12.8 Å². The molecular formula is C14H16ClNO. The van der Waals surface area contributed by atoms with E-state index in [0.29, 0.717) is 6.42 Å². The summed E-state index contributed by atoms with van der Waals surface area (Å²) in [5, 5.41) is 0.755. The topological polar surface area (TPSA) is 39.2 Å². The molecule has 0 saturated carbocycles. The van der Waals surface area contributed by atoms with Crippen LogP contribution in [0.3, 0.4) is 0 Å². The van der Waals surface area contributed by atoms with Crippen molar-refractivity contribution in [3.05, 3.63) is 58.5 Å². The van der Waals surface area contributed by atoms with E-state index in [2.05, 4.69) is 6.92 Å². The number of halogens is 1. The van der Waals surface area contributed by atoms with Crippen LogP contribution < -0.4 is 5.73 Å². The summed E-state index contributed by atoms with van der Waals surface area (Å²) in [5.74, 6) is 1.79. The molecule has 1 aromatic heterocycles. The summed E-state index contributed by atoms with van der Waals surface area (Å²) in [6.45, 7) is 2.06. The van der Waals surface area contributed by atoms with Gasteiger partial charge in [0.15, 0.2) is 0 Å². The summed E-state index contributed by atoms with van der Waals surface area (Å²) in [6.07, 6.45) is 1.58. The Hall–Kier alpha value is -1.25. The summed E-state index contributed by atoms with van der Waals surface area (Å²) in [7, 11) is 0. The van der Waals surface area contributed by atoms with E-state index < -0.39 is 0 Å². The second-order valence-corrected chi connectivity index (χ2v) is 4.47. The van der Waals surface area contributed by atoms with Crippen LogP contribution in [0.2, 0.25) is 5.02 Å². The van der Waals surface area contributed by atoms with Gasteiger partial charge in [-0.1, -0.05) is 36.7 Å². The highest BCUT2D eigenvalue weighted by Crippen LogP contribution is 2.23. The Morgan fingerprint density at radius 3 is 2.65 bits per heavy atom. The monoisotopic (exact) mass is 249 g/mol. The van der Waals surface area contributed by atoms with Gasteiger partial charge in [0.05, 0.1) is 6.04 Å². The quantitative estimate of drug-likeness (QED) is 0.897. The van der Waals surface area contributed by atoms with Crippen molar-refractivity contribution in [3.63, 3.8) is 0 Å². The molecule has 0 spiro atoms. The molecule has 0 aliphatic rings. The Morgan fingerprint density at radius 2 is 2.00 bits per heavy atom. The zero-order valence-electron chi connectivity index (χ0n) is 9.82. The van der Waals surface area contributed by atoms with Gasteiger partial charge in [-0.3, -0.25) is 0 Å². The van der Waals surface area contributed by atoms with Gasteiger partial charge in [0.1, 0.15) is 11.5 Å². The molecular weight excluding hydrogens is 234 g/mol. The molecule has 17 heavy (non-hydrogen) atoms. The molecule has 90 valence electrons. The maximum atomic E-state index is 6.11. The Bertz CT molecular complexity index is 492. The smallest absolute Gasteiger partial charge is 0.121 e. The van der Waals surface area contributed by atoms with Crippen LogP contribution in [0.25, 0.3) is 0 Å². The molecule has 2 N–H and O–H groups in total. The second-order valence-electron chi connectivity index (χ2n) is 4.06. The molecule has 2 nitrogen and oxygen atoms in total. The molecule has 0 amide bonds. The van der Waals surface area contributed by atoms with Gasteiger partial charge in [-0.2, -0.15) is 0 Å². The minimum Gasteiger partial charge on any atom is -0.464 e. The Labute approximate surface area is 106 Å². The lowest BCUT2D eigenvalue weighted by atomic mass is 10.0. The van der Waals surface area contributed by atoms with Crippen molar-refractivity contribution in [1.29, 1.82) is 0 Å². The zero-order chi connectivity index (χ0) is 12.3. The molecule has 1 aromatic carbocycles. The normalized spacial score (nSPS) is 12.6. The lowest BCUT2D eigenvalue weighted by Crippen LogP contribution is -2.12. The molecule has 0 aliphatic carbocycles. The SMILES string of the molecule is CCc1ccc(C(N)Cc2ccccc2Cl)o1. The number of hydrogen-bond acceptors (Lipinski definition) is 2. The number of aryl methyl sites for hydroxylation is 1. The molecule has 0 bridgehead atoms. The number of furan rings is 1. The van der Waals surface area contributed by atoms with E-state index in [9.17, 15) is 0 Å². The lowest BCUT2D eigenvalue weighted by Gasteiger charge is -2.10. The fourth-order valence-electron chi connectivity index (χ4n) is 1.79. The van der Waals surface area contributed by atoms with Gasteiger partial charge in [-0.05, 0) is 30.2 Å². The Balaban J connectivity index is 2.11. The largest absolute Gasteiger partial charge is 0.464 e. The first-order chi connectivity index (χ1) is 8.20. The maximum Gasteiger partial charge on any atom is 0.121 e. The first kappa shape index (κ1) is 12.2. The highest BCUT2D eigenvalue weighted by atomic mass is 35.5. The third-order valence-electron chi connectivity index (χ3n) is 2.79. The van der Waals surface area contributed by atoms with E-state index in [0.717, 1.165) is 28.5 Å². The molecule has 1 unspecified atom stereocenters. The number of rotatable bonds is 4. The van der Waals surface area contributed by atoms with E-state index in [-0.39, 0.29) is 6.04 Å². The lowest BCUT2D eigenvalue weighted by molar-refractivity contribution is 0.434. The van der Waals surface area contributed by atoms with Gasteiger partial charge in [-0.25, -0.2) is 0 Å². The van der Waals surface area contributed by atoms with Gasteiger partial charge in [0.2, 0.25) is 0 Å². The van der Waals surface area contributed by atoms with E-state index in [1.54, 1.807) is 0 Å². The second kappa shape index (κ2) is 5.39. The molecule has 0 aliphatic heterocycles. The van der Waals surface area contributed by atoms with Crippen molar-refractivity contribution >= 4 is 11.6 Å². The van der Waals surface area contributed by atoms with Crippen LogP contribution in [0.1, 0.15) is 30.0 Å². The van der Waals surface area contributed by atoms with Gasteiger partial charge in [0, 0.05) is 11.4 Å². The van der Waals surface area contributed by atoms with Crippen LogP contribution in [0, 0.1) is 0 Å². The average Bonchev–Trinajstić information content (AvgIpc) is 2.81. The predicted molar refractivity (Wildman–Crippen MR) is 70.2 cm³/mol. The van der Waals surface area contributed by atoms with E-state index in [4.69, 9.17) is 21.8 Å². The predicted octanol–water partition coefficient (Wildman–Crippen LogP) is 3.74. The summed E-state index contributed by atoms with van der Waals surface area (Å²) >= 11 is 6.10. The van der Waals surface area contributed by atoms with Gasteiger partial charge in [0.25, 0.3) is 0 Å². The van der Waals surface area contributed by atoms with Crippen molar-refractivity contribution in [2.45, 2.75) is 25.8 Å². The van der Waals surface area contributed by atoms with Crippen LogP contribution in [0.15, 0.2) is 40.8 Å². The third kappa shape index (κ3) is 2.90. The first-order valence-electron chi connectivity index (χ1n) is 5.78. The van der Waals surface area contributed by atoms with Crippen molar-refractivity contribution in [3.8, 4) is 0 Å². The van der Waals surface area contributed by atoms with Crippen molar-refractivity contribution < 1.29 is 4.42 Å². The summed E-state index contributed by atoms with van der Waals surface area (Å²) in [6, 6.07) is 11.5. The fourth-order valence-corrected chi connectivity index (χ4v) is 2.00. The number of benzene rings is 1. The van der Waals surface area contributed by atoms with Crippen molar-refractivity contribution in [2.75, 3.05) is 0 Å². The van der Waals surface area contributed by atoms with Gasteiger partial charge >= 0.3 is 0 Å². The Morgan fingerprint density at radius 1 is 1.24 bits per heavy atom. The third-order valence-corrected chi connectivity index (χ3v) is 3.16. The standard InChI is InChI=1S/C14H16ClNO/c1-2-11-7-8-14(17-11)13(16)9-10-5-3-4-6-12(10)15/h3-8,13H,2,9,16H2,1H3. The van der Waals surface area contributed by atoms with Crippen molar-refractivity contribution in [2.24, 2.45) is 5.73 Å². The molecule has 2 rings (SSSR count). The van der Waals surface area contributed by atoms with E-state index >= 15 is 0 Å². The minimum atomic E-state index is -0.143. The Kier molecular flexibility index (Phi) is 3.87. The van der Waals surface area contributed by atoms with E-state index in [1.807, 2.05) is 36.4 Å². The zero-order valence-corrected chi connectivity index (χ0v) is 10.6. The molecule has 0 radical (unpaired) electrons. The summed E-state index contributed by atoms with van der Waals surface area (Å²) in [5.41, 5.74) is 7.16. The number of hydrogen-bond donors (Lipinski definition) is 1. The highest BCUT2D eigenvalue weighted by Gasteiger charge is 2.12. The van der Waals surface area contributed by atoms with Crippen LogP contribution in [-0.4, -0.2) is 0 Å². The van der Waals surface area contributed by atoms with Gasteiger partial charge in [-0.15, -0.1) is 0 Å². The molecule has 0 saturated heterocycles. The highest BCUT2D eigenvalue weighted by molar-refractivity contribution is 6.31. The van der Waals surface area contributed by atoms with Crippen molar-refractivity contribution in [1.82, 2.24) is 0 Å². The molecule has 0 fully saturated rings. The van der Waals surface area contributed by atoms with Crippen LogP contribution in [0.5, 0.6) is 0 Å². The summed E-state index contributed by atoms with van der Waals surface area (Å²) < 4.78 is 5.64. The van der Waals surface area contributed by atoms with E-state index in [1.165, 1.54) is 0 Å². The minimum absolute atomic E-state index is 0.143. The first-order valence-corrected chi connectivity index (χ1v) is 6.16. The maximum absolute atomic E-state index is 6.11. The molecule has 1 atom stereocenters. The molecule has 3 heteroatoms. The number of nitrogens with two attached hydrogens (primary N) is 1. The molecule has 2 aromatic rings. The fraction of sp³-hybridized carbons (Fsp3) is 0.286. The van der Waals surface area contributed by atoms with Crippen LogP contribution in [0.4, 0.5) is 0 Å².